The summed E-state index contributed by atoms with van der Waals surface area (Å²) in [6.07, 6.45) is 5.39. The lowest BCUT2D eigenvalue weighted by Crippen LogP contribution is -2.48. The van der Waals surface area contributed by atoms with Crippen LogP contribution < -0.4 is 5.32 Å². The van der Waals surface area contributed by atoms with Gasteiger partial charge in [-0.2, -0.15) is 0 Å². The van der Waals surface area contributed by atoms with Gasteiger partial charge < -0.3 is 19.5 Å². The number of rotatable bonds is 4. The Kier molecular flexibility index (Phi) is 6.08. The maximum atomic E-state index is 12.4. The van der Waals surface area contributed by atoms with E-state index in [1.54, 1.807) is 0 Å². The zero-order valence-electron chi connectivity index (χ0n) is 17.5. The number of carbonyl (C=O) groups is 1. The van der Waals surface area contributed by atoms with Gasteiger partial charge in [0.25, 0.3) is 0 Å². The molecule has 1 saturated heterocycles. The van der Waals surface area contributed by atoms with Crippen LogP contribution in [0.3, 0.4) is 0 Å². The third-order valence-electron chi connectivity index (χ3n) is 5.60. The first-order valence-corrected chi connectivity index (χ1v) is 10.4. The molecule has 0 aliphatic carbocycles. The number of hydrogen-bond donors (Lipinski definition) is 1. The molecule has 3 atom stereocenters. The lowest BCUT2D eigenvalue weighted by atomic mass is 9.91. The molecule has 1 N–H and O–H groups in total. The number of ether oxygens (including phenoxy) is 1. The average molecular weight is 378 g/mol. The predicted octanol–water partition coefficient (Wildman–Crippen LogP) is 3.30. The van der Waals surface area contributed by atoms with Gasteiger partial charge in [0.1, 0.15) is 17.2 Å². The average Bonchev–Trinajstić information content (AvgIpc) is 3.04. The molecule has 0 radical (unpaired) electrons. The van der Waals surface area contributed by atoms with Crippen LogP contribution in [0.1, 0.15) is 78.0 Å². The summed E-state index contributed by atoms with van der Waals surface area (Å²) in [7, 11) is 0. The smallest absolute Gasteiger partial charge is 0.410 e. The number of amides is 1. The summed E-state index contributed by atoms with van der Waals surface area (Å²) >= 11 is 0. The van der Waals surface area contributed by atoms with Crippen molar-refractivity contribution in [1.29, 1.82) is 0 Å². The van der Waals surface area contributed by atoms with Crippen molar-refractivity contribution in [3.05, 3.63) is 11.6 Å². The second kappa shape index (κ2) is 8.17. The molecule has 1 aromatic rings. The van der Waals surface area contributed by atoms with Crippen LogP contribution in [-0.2, 0) is 17.7 Å². The van der Waals surface area contributed by atoms with E-state index in [-0.39, 0.29) is 12.1 Å². The minimum atomic E-state index is -0.449. The topological polar surface area (TPSA) is 72.3 Å². The van der Waals surface area contributed by atoms with Gasteiger partial charge in [0, 0.05) is 32.1 Å². The number of aryl methyl sites for hydroxylation is 1. The molecular formula is C20H35N5O2. The molecule has 3 rings (SSSR count). The summed E-state index contributed by atoms with van der Waals surface area (Å²) in [5, 5.41) is 12.5. The molecule has 1 aromatic heterocycles. The van der Waals surface area contributed by atoms with Gasteiger partial charge in [-0.25, -0.2) is 4.79 Å². The predicted molar refractivity (Wildman–Crippen MR) is 105 cm³/mol. The second-order valence-electron chi connectivity index (χ2n) is 9.09. The minimum Gasteiger partial charge on any atom is -0.444 e. The number of hydrogen-bond acceptors (Lipinski definition) is 5. The fourth-order valence-electron chi connectivity index (χ4n) is 4.17. The van der Waals surface area contributed by atoms with E-state index in [1.165, 1.54) is 12.8 Å². The molecule has 0 aromatic carbocycles. The van der Waals surface area contributed by atoms with Crippen LogP contribution >= 0.6 is 0 Å². The van der Waals surface area contributed by atoms with Crippen molar-refractivity contribution in [2.24, 2.45) is 5.92 Å². The lowest BCUT2D eigenvalue weighted by Gasteiger charge is -2.37. The number of nitrogens with zero attached hydrogens (tertiary/aromatic N) is 4. The maximum Gasteiger partial charge on any atom is 0.410 e. The Morgan fingerprint density at radius 1 is 1.19 bits per heavy atom. The summed E-state index contributed by atoms with van der Waals surface area (Å²) in [4.78, 5) is 14.3. The summed E-state index contributed by atoms with van der Waals surface area (Å²) < 4.78 is 7.83. The Morgan fingerprint density at radius 3 is 2.70 bits per heavy atom. The molecule has 7 heteroatoms. The van der Waals surface area contributed by atoms with Gasteiger partial charge in [-0.3, -0.25) is 0 Å². The SMILES string of the molecule is CC(NC(C)C1CCCN(C(=O)OC(C)(C)C)C1)c1nnc2n1CCCC2. The van der Waals surface area contributed by atoms with Crippen molar-refractivity contribution in [3.8, 4) is 0 Å². The van der Waals surface area contributed by atoms with Gasteiger partial charge in [0.05, 0.1) is 6.04 Å². The van der Waals surface area contributed by atoms with E-state index in [0.29, 0.717) is 12.0 Å². The number of aromatic nitrogens is 3. The first-order valence-electron chi connectivity index (χ1n) is 10.4. The molecule has 1 fully saturated rings. The molecule has 1 amide bonds. The molecule has 3 heterocycles. The number of likely N-dealkylation sites (tertiary alicyclic amines) is 1. The first kappa shape index (κ1) is 20.1. The summed E-state index contributed by atoms with van der Waals surface area (Å²) in [5.41, 5.74) is -0.449. The molecule has 27 heavy (non-hydrogen) atoms. The number of carbonyl (C=O) groups excluding carboxylic acids is 1. The molecule has 2 aliphatic heterocycles. The standard InChI is InChI=1S/C20H35N5O2/c1-14(16-9-8-11-24(13-16)19(26)27-20(3,4)5)21-15(2)18-23-22-17-10-6-7-12-25(17)18/h14-16,21H,6-13H2,1-5H3. The Labute approximate surface area is 162 Å². The van der Waals surface area contributed by atoms with E-state index in [4.69, 9.17) is 4.74 Å². The van der Waals surface area contributed by atoms with E-state index in [2.05, 4.69) is 33.9 Å². The summed E-state index contributed by atoms with van der Waals surface area (Å²) in [5.74, 6) is 2.57. The van der Waals surface area contributed by atoms with E-state index in [9.17, 15) is 4.79 Å². The quantitative estimate of drug-likeness (QED) is 0.872. The Hall–Kier alpha value is -1.63. The molecule has 152 valence electrons. The highest BCUT2D eigenvalue weighted by molar-refractivity contribution is 5.68. The molecule has 0 saturated carbocycles. The van der Waals surface area contributed by atoms with Crippen molar-refractivity contribution >= 4 is 6.09 Å². The molecule has 2 aliphatic rings. The van der Waals surface area contributed by atoms with Crippen molar-refractivity contribution in [3.63, 3.8) is 0 Å². The van der Waals surface area contributed by atoms with Gasteiger partial charge in [-0.05, 0) is 66.2 Å². The summed E-state index contributed by atoms with van der Waals surface area (Å²) in [6.45, 7) is 12.7. The number of fused-ring (bicyclic) bond motifs is 1. The van der Waals surface area contributed by atoms with Crippen molar-refractivity contribution in [1.82, 2.24) is 25.0 Å². The summed E-state index contributed by atoms with van der Waals surface area (Å²) in [6, 6.07) is 0.443. The van der Waals surface area contributed by atoms with E-state index in [1.807, 2.05) is 25.7 Å². The minimum absolute atomic E-state index is 0.149. The first-order chi connectivity index (χ1) is 12.7. The highest BCUT2D eigenvalue weighted by Crippen LogP contribution is 2.24. The van der Waals surface area contributed by atoms with Crippen LogP contribution in [0.4, 0.5) is 4.79 Å². The van der Waals surface area contributed by atoms with Crippen molar-refractivity contribution < 1.29 is 9.53 Å². The van der Waals surface area contributed by atoms with Gasteiger partial charge in [0.2, 0.25) is 0 Å². The van der Waals surface area contributed by atoms with E-state index < -0.39 is 5.60 Å². The fraction of sp³-hybridized carbons (Fsp3) is 0.850. The number of piperidine rings is 1. The van der Waals surface area contributed by atoms with Gasteiger partial charge in [-0.1, -0.05) is 0 Å². The highest BCUT2D eigenvalue weighted by atomic mass is 16.6. The molecule has 0 bridgehead atoms. The van der Waals surface area contributed by atoms with Crippen LogP contribution in [0.25, 0.3) is 0 Å². The van der Waals surface area contributed by atoms with Crippen LogP contribution in [0.2, 0.25) is 0 Å². The van der Waals surface area contributed by atoms with Crippen LogP contribution in [0.5, 0.6) is 0 Å². The van der Waals surface area contributed by atoms with E-state index >= 15 is 0 Å². The largest absolute Gasteiger partial charge is 0.444 e. The Bertz CT molecular complexity index is 651. The van der Waals surface area contributed by atoms with Crippen molar-refractivity contribution in [2.75, 3.05) is 13.1 Å². The zero-order chi connectivity index (χ0) is 19.6. The van der Waals surface area contributed by atoms with Crippen LogP contribution in [0, 0.1) is 5.92 Å². The lowest BCUT2D eigenvalue weighted by molar-refractivity contribution is 0.0146. The normalized spacial score (nSPS) is 22.9. The third kappa shape index (κ3) is 5.00. The molecular weight excluding hydrogens is 342 g/mol. The zero-order valence-corrected chi connectivity index (χ0v) is 17.5. The monoisotopic (exact) mass is 377 g/mol. The third-order valence-corrected chi connectivity index (χ3v) is 5.60. The van der Waals surface area contributed by atoms with E-state index in [0.717, 1.165) is 50.5 Å². The fourth-order valence-corrected chi connectivity index (χ4v) is 4.17. The number of nitrogens with one attached hydrogen (secondary N) is 1. The maximum absolute atomic E-state index is 12.4. The second-order valence-corrected chi connectivity index (χ2v) is 9.09. The Morgan fingerprint density at radius 2 is 1.96 bits per heavy atom. The molecule has 3 unspecified atom stereocenters. The van der Waals surface area contributed by atoms with Gasteiger partial charge >= 0.3 is 6.09 Å². The van der Waals surface area contributed by atoms with Crippen molar-refractivity contribution in [2.45, 2.75) is 91.0 Å². The van der Waals surface area contributed by atoms with Crippen LogP contribution in [0.15, 0.2) is 0 Å². The van der Waals surface area contributed by atoms with Crippen LogP contribution in [-0.4, -0.2) is 50.5 Å². The van der Waals surface area contributed by atoms with Gasteiger partial charge in [-0.15, -0.1) is 10.2 Å². The highest BCUT2D eigenvalue weighted by Gasteiger charge is 2.31. The Balaban J connectivity index is 1.58. The molecule has 7 nitrogen and oxygen atoms in total. The molecule has 0 spiro atoms. The van der Waals surface area contributed by atoms with Gasteiger partial charge in [0.15, 0.2) is 0 Å².